The lowest BCUT2D eigenvalue weighted by Gasteiger charge is -2.31. The smallest absolute Gasteiger partial charge is 0.273 e. The van der Waals surface area contributed by atoms with E-state index in [1.165, 1.54) is 4.80 Å². The molecule has 1 fully saturated rings. The van der Waals surface area contributed by atoms with Gasteiger partial charge in [-0.15, -0.1) is 10.2 Å². The van der Waals surface area contributed by atoms with Crippen molar-refractivity contribution in [1.82, 2.24) is 30.4 Å². The van der Waals surface area contributed by atoms with Crippen molar-refractivity contribution >= 4 is 29.5 Å². The van der Waals surface area contributed by atoms with Crippen LogP contribution in [0.3, 0.4) is 0 Å². The first-order valence-corrected chi connectivity index (χ1v) is 11.3. The van der Waals surface area contributed by atoms with Crippen LogP contribution in [0.4, 0.5) is 0 Å². The van der Waals surface area contributed by atoms with Crippen molar-refractivity contribution < 1.29 is 9.59 Å². The summed E-state index contributed by atoms with van der Waals surface area (Å²) in [7, 11) is 0. The van der Waals surface area contributed by atoms with Gasteiger partial charge in [-0.1, -0.05) is 17.7 Å². The maximum Gasteiger partial charge on any atom is 0.273 e. The van der Waals surface area contributed by atoms with Crippen LogP contribution in [0.1, 0.15) is 36.2 Å². The van der Waals surface area contributed by atoms with Gasteiger partial charge in [0, 0.05) is 36.9 Å². The van der Waals surface area contributed by atoms with Crippen LogP contribution < -0.4 is 11.1 Å². The molecule has 0 spiro atoms. The van der Waals surface area contributed by atoms with Crippen LogP contribution in [0.5, 0.6) is 0 Å². The zero-order valence-electron chi connectivity index (χ0n) is 18.9. The summed E-state index contributed by atoms with van der Waals surface area (Å²) in [4.78, 5) is 27.8. The van der Waals surface area contributed by atoms with Gasteiger partial charge in [-0.3, -0.25) is 9.59 Å². The number of hydrogen-bond donors (Lipinski definition) is 3. The number of likely N-dealkylation sites (tertiary alicyclic amines) is 1. The summed E-state index contributed by atoms with van der Waals surface area (Å²) in [6, 6.07) is 5.48. The Morgan fingerprint density at radius 1 is 1.35 bits per heavy atom. The van der Waals surface area contributed by atoms with E-state index in [1.54, 1.807) is 25.1 Å². The highest BCUT2D eigenvalue weighted by Gasteiger charge is 2.21. The van der Waals surface area contributed by atoms with Crippen LogP contribution in [0.2, 0.25) is 5.02 Å². The minimum atomic E-state index is -0.452. The molecule has 0 radical (unpaired) electrons. The van der Waals surface area contributed by atoms with Gasteiger partial charge in [-0.2, -0.15) is 9.91 Å². The largest absolute Gasteiger partial charge is 0.403 e. The quantitative estimate of drug-likeness (QED) is 0.365. The molecule has 2 heterocycles. The van der Waals surface area contributed by atoms with E-state index in [1.807, 2.05) is 17.0 Å². The molecule has 3 rings (SSSR count). The van der Waals surface area contributed by atoms with Crippen molar-refractivity contribution in [2.45, 2.75) is 32.7 Å². The summed E-state index contributed by atoms with van der Waals surface area (Å²) in [6.45, 7) is 3.96. The monoisotopic (exact) mass is 485 g/mol. The highest BCUT2D eigenvalue weighted by Crippen LogP contribution is 2.22. The number of nitrogens with two attached hydrogens (primary N) is 1. The summed E-state index contributed by atoms with van der Waals surface area (Å²) in [6.07, 6.45) is 6.91. The molecule has 34 heavy (non-hydrogen) atoms. The van der Waals surface area contributed by atoms with Gasteiger partial charge < -0.3 is 16.0 Å². The standard InChI is InChI=1S/C22H28ClN9O2/c1-15-28-30-32(29-15)14-18-12-19(23)4-2-17(18)3-5-21(33)31-10-7-16(8-11-31)6-9-26-22(34)20(13-24)27-25/h2-5,12-13,16,25H,6-11,14,24H2,1H3,(H,26,34)/b5-3+,20-13-,27-25?. The highest BCUT2D eigenvalue weighted by molar-refractivity contribution is 6.30. The number of tetrazole rings is 1. The lowest BCUT2D eigenvalue weighted by Crippen LogP contribution is -2.38. The average Bonchev–Trinajstić information content (AvgIpc) is 3.24. The first-order valence-electron chi connectivity index (χ1n) is 11.0. The molecule has 1 saturated heterocycles. The molecule has 4 N–H and O–H groups in total. The molecule has 0 unspecified atom stereocenters. The van der Waals surface area contributed by atoms with Crippen molar-refractivity contribution in [2.24, 2.45) is 16.8 Å². The van der Waals surface area contributed by atoms with Gasteiger partial charge in [-0.05, 0) is 66.7 Å². The van der Waals surface area contributed by atoms with Crippen molar-refractivity contribution in [3.8, 4) is 0 Å². The summed E-state index contributed by atoms with van der Waals surface area (Å²) in [5, 5.41) is 18.5. The molecular weight excluding hydrogens is 458 g/mol. The Hall–Kier alpha value is -3.60. The van der Waals surface area contributed by atoms with Crippen molar-refractivity contribution in [2.75, 3.05) is 19.6 Å². The average molecular weight is 486 g/mol. The van der Waals surface area contributed by atoms with Crippen molar-refractivity contribution in [3.05, 3.63) is 58.1 Å². The van der Waals surface area contributed by atoms with E-state index >= 15 is 0 Å². The van der Waals surface area contributed by atoms with Gasteiger partial charge in [-0.25, -0.2) is 5.53 Å². The maximum absolute atomic E-state index is 12.7. The number of rotatable bonds is 9. The maximum atomic E-state index is 12.7. The highest BCUT2D eigenvalue weighted by atomic mass is 35.5. The second-order valence-corrected chi connectivity index (χ2v) is 8.46. The van der Waals surface area contributed by atoms with Gasteiger partial charge in [0.1, 0.15) is 0 Å². The third kappa shape index (κ3) is 6.95. The van der Waals surface area contributed by atoms with E-state index < -0.39 is 5.91 Å². The number of nitrogens with zero attached hydrogens (tertiary/aromatic N) is 6. The molecule has 12 heteroatoms. The van der Waals surface area contributed by atoms with Gasteiger partial charge in [0.2, 0.25) is 5.91 Å². The summed E-state index contributed by atoms with van der Waals surface area (Å²) in [5.74, 6) is 0.498. The zero-order valence-corrected chi connectivity index (χ0v) is 19.7. The Morgan fingerprint density at radius 2 is 2.12 bits per heavy atom. The number of halogens is 1. The number of carbonyl (C=O) groups excluding carboxylic acids is 2. The number of hydrogen-bond acceptors (Lipinski definition) is 8. The Morgan fingerprint density at radius 3 is 2.76 bits per heavy atom. The SMILES string of the molecule is Cc1nnn(Cc2cc(Cl)ccc2/C=C/C(=O)N2CCC(CCNC(=O)/C(=C/N)N=N)CC2)n1. The lowest BCUT2D eigenvalue weighted by atomic mass is 9.93. The predicted octanol–water partition coefficient (Wildman–Crippen LogP) is 2.27. The Balaban J connectivity index is 1.50. The van der Waals surface area contributed by atoms with Crippen LogP contribution in [-0.4, -0.2) is 56.6 Å². The number of aromatic nitrogens is 4. The first kappa shape index (κ1) is 25.0. The molecular formula is C22H28ClN9O2. The molecule has 2 amide bonds. The van der Waals surface area contributed by atoms with E-state index in [4.69, 9.17) is 22.9 Å². The fraction of sp³-hybridized carbons (Fsp3) is 0.409. The van der Waals surface area contributed by atoms with Gasteiger partial charge >= 0.3 is 0 Å². The molecule has 0 bridgehead atoms. The van der Waals surface area contributed by atoms with Crippen LogP contribution in [0.25, 0.3) is 6.08 Å². The topological polar surface area (TPSA) is 155 Å². The van der Waals surface area contributed by atoms with Gasteiger partial charge in [0.25, 0.3) is 5.91 Å². The Kier molecular flexibility index (Phi) is 8.86. The predicted molar refractivity (Wildman–Crippen MR) is 126 cm³/mol. The number of carbonyl (C=O) groups is 2. The fourth-order valence-electron chi connectivity index (χ4n) is 3.77. The summed E-state index contributed by atoms with van der Waals surface area (Å²) >= 11 is 6.16. The molecule has 2 aromatic rings. The van der Waals surface area contributed by atoms with E-state index in [2.05, 4.69) is 25.8 Å². The molecule has 0 atom stereocenters. The second kappa shape index (κ2) is 12.0. The lowest BCUT2D eigenvalue weighted by molar-refractivity contribution is -0.127. The summed E-state index contributed by atoms with van der Waals surface area (Å²) in [5.41, 5.74) is 13.8. The van der Waals surface area contributed by atoms with Crippen LogP contribution in [-0.2, 0) is 16.1 Å². The molecule has 180 valence electrons. The van der Waals surface area contributed by atoms with E-state index in [0.29, 0.717) is 42.9 Å². The molecule has 11 nitrogen and oxygen atoms in total. The van der Waals surface area contributed by atoms with Gasteiger partial charge in [0.05, 0.1) is 6.54 Å². The molecule has 1 aliphatic rings. The third-order valence-electron chi connectivity index (χ3n) is 5.65. The van der Waals surface area contributed by atoms with E-state index in [9.17, 15) is 9.59 Å². The van der Waals surface area contributed by atoms with Crippen LogP contribution >= 0.6 is 11.6 Å². The molecule has 1 aliphatic heterocycles. The van der Waals surface area contributed by atoms with Crippen LogP contribution in [0.15, 0.2) is 41.3 Å². The number of piperidine rings is 1. The minimum absolute atomic E-state index is 0.0443. The fourth-order valence-corrected chi connectivity index (χ4v) is 3.96. The number of amides is 2. The normalized spacial score (nSPS) is 15.0. The summed E-state index contributed by atoms with van der Waals surface area (Å²) < 4.78 is 0. The third-order valence-corrected chi connectivity index (χ3v) is 5.89. The molecule has 0 saturated carbocycles. The van der Waals surface area contributed by atoms with Gasteiger partial charge in [0.15, 0.2) is 11.5 Å². The Bertz CT molecular complexity index is 1090. The zero-order chi connectivity index (χ0) is 24.5. The van der Waals surface area contributed by atoms with E-state index in [0.717, 1.165) is 36.6 Å². The van der Waals surface area contributed by atoms with Crippen molar-refractivity contribution in [3.63, 3.8) is 0 Å². The van der Waals surface area contributed by atoms with Crippen molar-refractivity contribution in [1.29, 1.82) is 5.53 Å². The number of benzene rings is 1. The number of aryl methyl sites for hydroxylation is 1. The first-order chi connectivity index (χ1) is 16.4. The molecule has 1 aromatic carbocycles. The Labute approximate surface area is 202 Å². The number of nitrogens with one attached hydrogen (secondary N) is 2. The molecule has 0 aliphatic carbocycles. The van der Waals surface area contributed by atoms with Crippen LogP contribution in [0, 0.1) is 18.4 Å². The molecule has 1 aromatic heterocycles. The minimum Gasteiger partial charge on any atom is -0.403 e. The second-order valence-electron chi connectivity index (χ2n) is 8.02. The van der Waals surface area contributed by atoms with E-state index in [-0.39, 0.29) is 11.6 Å².